The molecule has 0 radical (unpaired) electrons. The standard InChI is InChI=1S/C9H14O2/c1-2-8-5-7(1)6-9(8)10-3-4-11-9/h7-8H,1-6H2/t7-,8+/m1/s1. The molecule has 3 rings (SSSR count). The Morgan fingerprint density at radius 2 is 1.91 bits per heavy atom. The first-order valence-corrected chi connectivity index (χ1v) is 4.67. The van der Waals surface area contributed by atoms with Gasteiger partial charge in [-0.3, -0.25) is 0 Å². The predicted molar refractivity (Wildman–Crippen MR) is 40.1 cm³/mol. The van der Waals surface area contributed by atoms with Crippen molar-refractivity contribution in [2.24, 2.45) is 11.8 Å². The average molecular weight is 154 g/mol. The van der Waals surface area contributed by atoms with Crippen LogP contribution in [0.15, 0.2) is 0 Å². The van der Waals surface area contributed by atoms with Gasteiger partial charge in [-0.15, -0.1) is 0 Å². The molecule has 1 aliphatic heterocycles. The summed E-state index contributed by atoms with van der Waals surface area (Å²) in [4.78, 5) is 0. The molecule has 0 unspecified atom stereocenters. The summed E-state index contributed by atoms with van der Waals surface area (Å²) >= 11 is 0. The van der Waals surface area contributed by atoms with Crippen LogP contribution in [0, 0.1) is 11.8 Å². The predicted octanol–water partition coefficient (Wildman–Crippen LogP) is 1.55. The summed E-state index contributed by atoms with van der Waals surface area (Å²) < 4.78 is 11.4. The van der Waals surface area contributed by atoms with Crippen LogP contribution >= 0.6 is 0 Å². The second-order valence-electron chi connectivity index (χ2n) is 4.09. The molecule has 2 heteroatoms. The number of hydrogen-bond acceptors (Lipinski definition) is 2. The highest BCUT2D eigenvalue weighted by atomic mass is 16.7. The number of fused-ring (bicyclic) bond motifs is 3. The lowest BCUT2D eigenvalue weighted by Gasteiger charge is -2.31. The molecule has 2 atom stereocenters. The highest BCUT2D eigenvalue weighted by molar-refractivity contribution is 4.98. The Bertz CT molecular complexity index is 172. The van der Waals surface area contributed by atoms with Crippen LogP contribution in [0.1, 0.15) is 25.7 Å². The van der Waals surface area contributed by atoms with Crippen molar-refractivity contribution in [1.29, 1.82) is 0 Å². The van der Waals surface area contributed by atoms with Crippen LogP contribution in [0.5, 0.6) is 0 Å². The lowest BCUT2D eigenvalue weighted by Crippen LogP contribution is -2.36. The second-order valence-corrected chi connectivity index (χ2v) is 4.09. The van der Waals surface area contributed by atoms with E-state index in [2.05, 4.69) is 0 Å². The molecule has 1 saturated heterocycles. The van der Waals surface area contributed by atoms with Gasteiger partial charge >= 0.3 is 0 Å². The molecule has 0 N–H and O–H groups in total. The Balaban J connectivity index is 1.88. The molecule has 1 heterocycles. The quantitative estimate of drug-likeness (QED) is 0.527. The molecule has 0 aromatic heterocycles. The zero-order valence-corrected chi connectivity index (χ0v) is 6.71. The van der Waals surface area contributed by atoms with Crippen molar-refractivity contribution in [1.82, 2.24) is 0 Å². The smallest absolute Gasteiger partial charge is 0.171 e. The fraction of sp³-hybridized carbons (Fsp3) is 1.00. The van der Waals surface area contributed by atoms with Gasteiger partial charge in [-0.1, -0.05) is 0 Å². The Labute approximate surface area is 66.9 Å². The van der Waals surface area contributed by atoms with Crippen molar-refractivity contribution in [3.8, 4) is 0 Å². The minimum absolute atomic E-state index is 0.0943. The van der Waals surface area contributed by atoms with E-state index in [0.29, 0.717) is 0 Å². The van der Waals surface area contributed by atoms with E-state index < -0.39 is 0 Å². The Kier molecular flexibility index (Phi) is 1.16. The van der Waals surface area contributed by atoms with Crippen LogP contribution in [0.3, 0.4) is 0 Å². The van der Waals surface area contributed by atoms with Gasteiger partial charge in [0.25, 0.3) is 0 Å². The van der Waals surface area contributed by atoms with Crippen molar-refractivity contribution < 1.29 is 9.47 Å². The molecule has 3 fully saturated rings. The third-order valence-corrected chi connectivity index (χ3v) is 3.51. The molecule has 0 amide bonds. The van der Waals surface area contributed by atoms with Gasteiger partial charge in [0, 0.05) is 12.3 Å². The fourth-order valence-electron chi connectivity index (χ4n) is 3.05. The zero-order valence-electron chi connectivity index (χ0n) is 6.71. The van der Waals surface area contributed by atoms with Crippen LogP contribution in [-0.4, -0.2) is 19.0 Å². The molecule has 3 aliphatic rings. The van der Waals surface area contributed by atoms with Crippen molar-refractivity contribution in [2.45, 2.75) is 31.5 Å². The Morgan fingerprint density at radius 3 is 2.45 bits per heavy atom. The lowest BCUT2D eigenvalue weighted by molar-refractivity contribution is -0.190. The molecule has 2 nitrogen and oxygen atoms in total. The van der Waals surface area contributed by atoms with E-state index in [-0.39, 0.29) is 5.79 Å². The van der Waals surface area contributed by atoms with E-state index >= 15 is 0 Å². The van der Waals surface area contributed by atoms with E-state index in [1.807, 2.05) is 0 Å². The van der Waals surface area contributed by atoms with Gasteiger partial charge in [-0.25, -0.2) is 0 Å². The number of ether oxygens (including phenoxy) is 2. The largest absolute Gasteiger partial charge is 0.347 e. The minimum Gasteiger partial charge on any atom is -0.347 e. The maximum Gasteiger partial charge on any atom is 0.171 e. The summed E-state index contributed by atoms with van der Waals surface area (Å²) in [6.07, 6.45) is 5.29. The van der Waals surface area contributed by atoms with Crippen molar-refractivity contribution in [3.05, 3.63) is 0 Å². The van der Waals surface area contributed by atoms with Gasteiger partial charge in [0.15, 0.2) is 5.79 Å². The Hall–Kier alpha value is -0.0800. The van der Waals surface area contributed by atoms with E-state index in [0.717, 1.165) is 25.0 Å². The monoisotopic (exact) mass is 154 g/mol. The number of rotatable bonds is 0. The SMILES string of the molecule is C1COC2(C[C@@H]3CC[C@H]2C3)O1. The van der Waals surface area contributed by atoms with Gasteiger partial charge < -0.3 is 9.47 Å². The first-order valence-electron chi connectivity index (χ1n) is 4.67. The summed E-state index contributed by atoms with van der Waals surface area (Å²) in [6.45, 7) is 1.65. The van der Waals surface area contributed by atoms with Crippen LogP contribution in [0.4, 0.5) is 0 Å². The maximum absolute atomic E-state index is 5.71. The topological polar surface area (TPSA) is 18.5 Å². The van der Waals surface area contributed by atoms with Crippen LogP contribution in [0.2, 0.25) is 0 Å². The molecule has 2 saturated carbocycles. The molecule has 0 aromatic carbocycles. The molecule has 2 bridgehead atoms. The highest BCUT2D eigenvalue weighted by Crippen LogP contribution is 2.54. The van der Waals surface area contributed by atoms with Crippen LogP contribution in [-0.2, 0) is 9.47 Å². The molecular formula is C9H14O2. The molecular weight excluding hydrogens is 140 g/mol. The van der Waals surface area contributed by atoms with Gasteiger partial charge in [0.05, 0.1) is 13.2 Å². The molecule has 2 aliphatic carbocycles. The van der Waals surface area contributed by atoms with Crippen molar-refractivity contribution in [3.63, 3.8) is 0 Å². The van der Waals surface area contributed by atoms with E-state index in [4.69, 9.17) is 9.47 Å². The van der Waals surface area contributed by atoms with E-state index in [1.165, 1.54) is 25.7 Å². The molecule has 1 spiro atoms. The normalized spacial score (nSPS) is 45.8. The summed E-state index contributed by atoms with van der Waals surface area (Å²) in [5, 5.41) is 0. The molecule has 11 heavy (non-hydrogen) atoms. The van der Waals surface area contributed by atoms with Crippen LogP contribution < -0.4 is 0 Å². The second kappa shape index (κ2) is 1.99. The first kappa shape index (κ1) is 6.44. The van der Waals surface area contributed by atoms with E-state index in [1.54, 1.807) is 0 Å². The summed E-state index contributed by atoms with van der Waals surface area (Å²) in [5.74, 6) is 1.55. The zero-order chi connectivity index (χ0) is 7.31. The average Bonchev–Trinajstić information content (AvgIpc) is 2.64. The van der Waals surface area contributed by atoms with Gasteiger partial charge in [-0.05, 0) is 25.2 Å². The van der Waals surface area contributed by atoms with Gasteiger partial charge in [-0.2, -0.15) is 0 Å². The van der Waals surface area contributed by atoms with Gasteiger partial charge in [0.2, 0.25) is 0 Å². The summed E-state index contributed by atoms with van der Waals surface area (Å²) in [6, 6.07) is 0. The number of hydrogen-bond donors (Lipinski definition) is 0. The minimum atomic E-state index is -0.0943. The van der Waals surface area contributed by atoms with Crippen molar-refractivity contribution >= 4 is 0 Å². The maximum atomic E-state index is 5.71. The van der Waals surface area contributed by atoms with Crippen molar-refractivity contribution in [2.75, 3.05) is 13.2 Å². The first-order chi connectivity index (χ1) is 5.39. The summed E-state index contributed by atoms with van der Waals surface area (Å²) in [7, 11) is 0. The fourth-order valence-corrected chi connectivity index (χ4v) is 3.05. The third-order valence-electron chi connectivity index (χ3n) is 3.51. The van der Waals surface area contributed by atoms with Gasteiger partial charge in [0.1, 0.15) is 0 Å². The highest BCUT2D eigenvalue weighted by Gasteiger charge is 2.54. The van der Waals surface area contributed by atoms with Crippen LogP contribution in [0.25, 0.3) is 0 Å². The Morgan fingerprint density at radius 1 is 1.09 bits per heavy atom. The van der Waals surface area contributed by atoms with E-state index in [9.17, 15) is 0 Å². The molecule has 62 valence electrons. The molecule has 0 aromatic rings. The summed E-state index contributed by atoms with van der Waals surface area (Å²) in [5.41, 5.74) is 0. The third kappa shape index (κ3) is 0.744. The lowest BCUT2D eigenvalue weighted by atomic mass is 9.94.